The van der Waals surface area contributed by atoms with Crippen molar-refractivity contribution >= 4 is 44.7 Å². The van der Waals surface area contributed by atoms with Gasteiger partial charge in [-0.2, -0.15) is 0 Å². The van der Waals surface area contributed by atoms with Crippen LogP contribution in [0.2, 0.25) is 5.02 Å². The van der Waals surface area contributed by atoms with Gasteiger partial charge in [-0.05, 0) is 48.5 Å². The first-order chi connectivity index (χ1) is 11.2. The molecule has 2 aromatic carbocycles. The van der Waals surface area contributed by atoms with Crippen molar-refractivity contribution < 1.29 is 13.5 Å². The Bertz CT molecular complexity index is 895. The smallest absolute Gasteiger partial charge is 0.254 e. The first-order valence-corrected chi connectivity index (χ1v) is 9.13. The number of nitrogens with zero attached hydrogens (tertiary/aromatic N) is 2. The highest BCUT2D eigenvalue weighted by atomic mass is 35.5. The van der Waals surface area contributed by atoms with Crippen LogP contribution in [0.25, 0.3) is 0 Å². The highest BCUT2D eigenvalue weighted by Gasteiger charge is 2.37. The molecule has 126 valence electrons. The van der Waals surface area contributed by atoms with Crippen LogP contribution in [0.15, 0.2) is 58.4 Å². The Kier molecular flexibility index (Phi) is 4.31. The van der Waals surface area contributed by atoms with E-state index in [9.17, 15) is 13.5 Å². The number of hydrogen-bond acceptors (Lipinski definition) is 5. The second-order valence-corrected chi connectivity index (χ2v) is 7.89. The van der Waals surface area contributed by atoms with Gasteiger partial charge in [0.2, 0.25) is 10.0 Å². The molecule has 0 fully saturated rings. The molecule has 3 rings (SSSR count). The first kappa shape index (κ1) is 17.2. The lowest BCUT2D eigenvalue weighted by Gasteiger charge is -2.21. The minimum Gasteiger partial charge on any atom is -0.356 e. The number of β-amino-alcohol motifs (C(OH)–C–C–N with tert-alkyl or cyclic N) is 1. The number of halogens is 2. The van der Waals surface area contributed by atoms with Crippen molar-refractivity contribution in [2.75, 3.05) is 11.4 Å². The summed E-state index contributed by atoms with van der Waals surface area (Å²) in [6, 6.07) is 12.8. The summed E-state index contributed by atoms with van der Waals surface area (Å²) >= 11 is 11.9. The number of alkyl halides is 1. The topological polar surface area (TPSA) is 96.0 Å². The molecule has 0 aromatic heterocycles. The van der Waals surface area contributed by atoms with Crippen LogP contribution >= 0.6 is 23.2 Å². The predicted molar refractivity (Wildman–Crippen MR) is 94.0 cm³/mol. The van der Waals surface area contributed by atoms with Crippen LogP contribution in [-0.2, 0) is 10.0 Å². The van der Waals surface area contributed by atoms with E-state index in [1.54, 1.807) is 41.3 Å². The lowest BCUT2D eigenvalue weighted by Crippen LogP contribution is -2.32. The molecule has 1 unspecified atom stereocenters. The summed E-state index contributed by atoms with van der Waals surface area (Å²) in [5.74, 6) is 0.413. The maximum absolute atomic E-state index is 11.3. The monoisotopic (exact) mass is 385 g/mol. The molecule has 0 saturated carbocycles. The second-order valence-electron chi connectivity index (χ2n) is 5.29. The van der Waals surface area contributed by atoms with Gasteiger partial charge < -0.3 is 10.0 Å². The van der Waals surface area contributed by atoms with Gasteiger partial charge >= 0.3 is 0 Å². The van der Waals surface area contributed by atoms with Crippen LogP contribution < -0.4 is 10.0 Å². The number of aliphatic imine (C=N–C) groups is 1. The number of nitrogens with two attached hydrogens (primary N) is 1. The summed E-state index contributed by atoms with van der Waals surface area (Å²) in [5.41, 5.74) is 1.33. The second kappa shape index (κ2) is 6.02. The molecule has 1 aliphatic heterocycles. The summed E-state index contributed by atoms with van der Waals surface area (Å²) in [5, 5.41) is 14.0. The highest BCUT2D eigenvalue weighted by molar-refractivity contribution is 7.89. The van der Waals surface area contributed by atoms with Crippen LogP contribution in [0.5, 0.6) is 0 Å². The van der Waals surface area contributed by atoms with Gasteiger partial charge in [-0.1, -0.05) is 23.2 Å². The van der Waals surface area contributed by atoms with Crippen LogP contribution in [0.4, 0.5) is 5.69 Å². The van der Waals surface area contributed by atoms with Gasteiger partial charge in [0, 0.05) is 16.3 Å². The zero-order valence-electron chi connectivity index (χ0n) is 12.2. The molecule has 24 heavy (non-hydrogen) atoms. The van der Waals surface area contributed by atoms with E-state index in [0.717, 1.165) is 5.69 Å². The molecular weight excluding hydrogens is 373 g/mol. The van der Waals surface area contributed by atoms with Gasteiger partial charge in [-0.3, -0.25) is 0 Å². The minimum absolute atomic E-state index is 0.0102. The SMILES string of the molecule is NS(=O)(=O)c1ccc(C2=NC(O)(Cl)CN2c2ccc(Cl)cc2)cc1. The maximum Gasteiger partial charge on any atom is 0.254 e. The fourth-order valence-corrected chi connectivity index (χ4v) is 3.22. The lowest BCUT2D eigenvalue weighted by atomic mass is 10.2. The molecule has 1 atom stereocenters. The molecule has 1 aliphatic rings. The van der Waals surface area contributed by atoms with Crippen molar-refractivity contribution in [1.29, 1.82) is 0 Å². The number of primary sulfonamides is 1. The molecular formula is C15H13Cl2N3O3S. The molecule has 1 heterocycles. The average Bonchev–Trinajstić information content (AvgIpc) is 2.83. The number of hydrogen-bond donors (Lipinski definition) is 2. The summed E-state index contributed by atoms with van der Waals surface area (Å²) in [6.45, 7) is 0.0441. The number of aliphatic hydroxyl groups is 1. The quantitative estimate of drug-likeness (QED) is 0.624. The van der Waals surface area contributed by atoms with E-state index in [1.165, 1.54) is 12.1 Å². The van der Waals surface area contributed by atoms with Crippen molar-refractivity contribution in [3.63, 3.8) is 0 Å². The van der Waals surface area contributed by atoms with E-state index in [1.807, 2.05) is 0 Å². The maximum atomic E-state index is 11.3. The molecule has 0 saturated heterocycles. The number of sulfonamides is 1. The zero-order chi connectivity index (χ0) is 17.5. The molecule has 2 aromatic rings. The highest BCUT2D eigenvalue weighted by Crippen LogP contribution is 2.31. The third-order valence-electron chi connectivity index (χ3n) is 3.47. The molecule has 0 amide bonds. The van der Waals surface area contributed by atoms with E-state index in [0.29, 0.717) is 16.4 Å². The van der Waals surface area contributed by atoms with Crippen molar-refractivity contribution in [3.05, 3.63) is 59.1 Å². The summed E-state index contributed by atoms with van der Waals surface area (Å²) in [6.07, 6.45) is 0. The Labute approximate surface area is 149 Å². The third-order valence-corrected chi connectivity index (χ3v) is 4.86. The number of rotatable bonds is 3. The molecule has 0 radical (unpaired) electrons. The number of anilines is 1. The number of amidine groups is 1. The van der Waals surface area contributed by atoms with E-state index in [2.05, 4.69) is 4.99 Å². The Morgan fingerprint density at radius 1 is 1.12 bits per heavy atom. The molecule has 0 bridgehead atoms. The van der Waals surface area contributed by atoms with Crippen molar-refractivity contribution in [3.8, 4) is 0 Å². The Balaban J connectivity index is 2.01. The van der Waals surface area contributed by atoms with Crippen LogP contribution in [0.3, 0.4) is 0 Å². The van der Waals surface area contributed by atoms with Crippen molar-refractivity contribution in [2.45, 2.75) is 10.1 Å². The third kappa shape index (κ3) is 3.55. The summed E-state index contributed by atoms with van der Waals surface area (Å²) in [7, 11) is -3.78. The Morgan fingerprint density at radius 3 is 2.25 bits per heavy atom. The largest absolute Gasteiger partial charge is 0.356 e. The lowest BCUT2D eigenvalue weighted by molar-refractivity contribution is 0.157. The van der Waals surface area contributed by atoms with Gasteiger partial charge in [0.25, 0.3) is 5.18 Å². The summed E-state index contributed by atoms with van der Waals surface area (Å²) in [4.78, 5) is 5.82. The van der Waals surface area contributed by atoms with Crippen LogP contribution in [0.1, 0.15) is 5.56 Å². The number of benzene rings is 2. The Hall–Kier alpha value is -1.64. The van der Waals surface area contributed by atoms with Gasteiger partial charge in [-0.15, -0.1) is 0 Å². The predicted octanol–water partition coefficient (Wildman–Crippen LogP) is 2.14. The molecule has 0 aliphatic carbocycles. The normalized spacial score (nSPS) is 21.0. The Morgan fingerprint density at radius 2 is 1.71 bits per heavy atom. The minimum atomic E-state index is -3.78. The zero-order valence-corrected chi connectivity index (χ0v) is 14.6. The standard InChI is InChI=1S/C15H13Cl2N3O3S/c16-11-3-5-12(6-4-11)20-9-15(17,21)19-14(20)10-1-7-13(8-2-10)24(18,22)23/h1-8,21H,9H2,(H2,18,22,23). The van der Waals surface area contributed by atoms with Crippen molar-refractivity contribution in [1.82, 2.24) is 0 Å². The molecule has 3 N–H and O–H groups in total. The molecule has 9 heteroatoms. The van der Waals surface area contributed by atoms with Gasteiger partial charge in [0.15, 0.2) is 0 Å². The van der Waals surface area contributed by atoms with Gasteiger partial charge in [0.05, 0.1) is 11.4 Å². The van der Waals surface area contributed by atoms with Gasteiger partial charge in [-0.25, -0.2) is 18.5 Å². The van der Waals surface area contributed by atoms with E-state index in [4.69, 9.17) is 28.3 Å². The van der Waals surface area contributed by atoms with Gasteiger partial charge in [0.1, 0.15) is 5.84 Å². The van der Waals surface area contributed by atoms with E-state index in [-0.39, 0.29) is 11.4 Å². The van der Waals surface area contributed by atoms with E-state index >= 15 is 0 Å². The first-order valence-electron chi connectivity index (χ1n) is 6.83. The van der Waals surface area contributed by atoms with E-state index < -0.39 is 15.2 Å². The fourth-order valence-electron chi connectivity index (χ4n) is 2.38. The van der Waals surface area contributed by atoms with Crippen LogP contribution in [0, 0.1) is 0 Å². The summed E-state index contributed by atoms with van der Waals surface area (Å²) < 4.78 is 22.7. The fraction of sp³-hybridized carbons (Fsp3) is 0.133. The average molecular weight is 386 g/mol. The molecule has 6 nitrogen and oxygen atoms in total. The van der Waals surface area contributed by atoms with Crippen LogP contribution in [-0.4, -0.2) is 31.1 Å². The molecule has 0 spiro atoms. The van der Waals surface area contributed by atoms with Crippen molar-refractivity contribution in [2.24, 2.45) is 10.1 Å².